The average molecular weight is 280 g/mol. The second-order valence-electron chi connectivity index (χ2n) is 5.96. The van der Waals surface area contributed by atoms with Gasteiger partial charge in [0.1, 0.15) is 0 Å². The summed E-state index contributed by atoms with van der Waals surface area (Å²) in [6.07, 6.45) is 0. The maximum atomic E-state index is 12.8. The van der Waals surface area contributed by atoms with Gasteiger partial charge in [-0.25, -0.2) is 0 Å². The summed E-state index contributed by atoms with van der Waals surface area (Å²) < 4.78 is 0. The smallest absolute Gasteiger partial charge is 0.254 e. The Kier molecular flexibility index (Phi) is 3.20. The molecule has 3 nitrogen and oxygen atoms in total. The number of hydrogen-bond donors (Lipinski definition) is 1. The first-order valence-corrected chi connectivity index (χ1v) is 7.20. The van der Waals surface area contributed by atoms with E-state index in [9.17, 15) is 4.79 Å². The van der Waals surface area contributed by atoms with Crippen molar-refractivity contribution < 1.29 is 4.79 Å². The van der Waals surface area contributed by atoms with Gasteiger partial charge in [-0.15, -0.1) is 0 Å². The SMILES string of the molecule is Cc1cc(C)c(C(=O)N2Cc3ccc(N)cc3C2)c(C)c1. The van der Waals surface area contributed by atoms with Crippen LogP contribution < -0.4 is 5.73 Å². The minimum Gasteiger partial charge on any atom is -0.399 e. The van der Waals surface area contributed by atoms with Crippen LogP contribution >= 0.6 is 0 Å². The first-order valence-electron chi connectivity index (χ1n) is 7.20. The van der Waals surface area contributed by atoms with Crippen LogP contribution in [-0.4, -0.2) is 10.8 Å². The van der Waals surface area contributed by atoms with E-state index in [0.717, 1.165) is 27.9 Å². The number of benzene rings is 2. The van der Waals surface area contributed by atoms with Crippen LogP contribution in [0, 0.1) is 20.8 Å². The molecule has 0 aromatic heterocycles. The predicted octanol–water partition coefficient (Wildman–Crippen LogP) is 3.35. The number of nitrogens with two attached hydrogens (primary N) is 1. The summed E-state index contributed by atoms with van der Waals surface area (Å²) in [5, 5.41) is 0. The third-order valence-electron chi connectivity index (χ3n) is 4.13. The zero-order valence-corrected chi connectivity index (χ0v) is 12.7. The second-order valence-corrected chi connectivity index (χ2v) is 5.96. The number of amides is 1. The summed E-state index contributed by atoms with van der Waals surface area (Å²) in [4.78, 5) is 14.7. The fourth-order valence-electron chi connectivity index (χ4n) is 3.23. The lowest BCUT2D eigenvalue weighted by Crippen LogP contribution is -2.26. The quantitative estimate of drug-likeness (QED) is 0.814. The summed E-state index contributed by atoms with van der Waals surface area (Å²) in [5.41, 5.74) is 13.1. The van der Waals surface area contributed by atoms with E-state index in [1.165, 1.54) is 11.1 Å². The van der Waals surface area contributed by atoms with Gasteiger partial charge in [0.25, 0.3) is 5.91 Å². The van der Waals surface area contributed by atoms with Gasteiger partial charge < -0.3 is 10.6 Å². The molecule has 0 fully saturated rings. The number of nitrogens with zero attached hydrogens (tertiary/aromatic N) is 1. The zero-order valence-electron chi connectivity index (χ0n) is 12.7. The summed E-state index contributed by atoms with van der Waals surface area (Å²) in [7, 11) is 0. The molecule has 0 atom stereocenters. The number of hydrogen-bond acceptors (Lipinski definition) is 2. The minimum atomic E-state index is 0.111. The molecule has 0 unspecified atom stereocenters. The third-order valence-corrected chi connectivity index (χ3v) is 4.13. The molecule has 3 heteroatoms. The van der Waals surface area contributed by atoms with Gasteiger partial charge in [-0.05, 0) is 55.2 Å². The third kappa shape index (κ3) is 2.40. The predicted molar refractivity (Wildman–Crippen MR) is 85.1 cm³/mol. The Morgan fingerprint density at radius 3 is 2.29 bits per heavy atom. The molecular weight excluding hydrogens is 260 g/mol. The molecule has 21 heavy (non-hydrogen) atoms. The molecule has 0 radical (unpaired) electrons. The highest BCUT2D eigenvalue weighted by Gasteiger charge is 2.26. The normalized spacial score (nSPS) is 13.4. The Labute approximate surface area is 125 Å². The molecule has 108 valence electrons. The van der Waals surface area contributed by atoms with Crippen LogP contribution in [0.5, 0.6) is 0 Å². The number of carbonyl (C=O) groups excluding carboxylic acids is 1. The first kappa shape index (κ1) is 13.7. The van der Waals surface area contributed by atoms with E-state index in [1.54, 1.807) is 0 Å². The van der Waals surface area contributed by atoms with E-state index in [-0.39, 0.29) is 5.91 Å². The second kappa shape index (κ2) is 4.92. The molecule has 1 amide bonds. The van der Waals surface area contributed by atoms with Crippen molar-refractivity contribution in [1.29, 1.82) is 0 Å². The van der Waals surface area contributed by atoms with E-state index in [4.69, 9.17) is 5.73 Å². The van der Waals surface area contributed by atoms with E-state index in [0.29, 0.717) is 13.1 Å². The van der Waals surface area contributed by atoms with Crippen molar-refractivity contribution in [1.82, 2.24) is 4.90 Å². The van der Waals surface area contributed by atoms with Crippen LogP contribution in [0.15, 0.2) is 30.3 Å². The lowest BCUT2D eigenvalue weighted by atomic mass is 9.99. The Hall–Kier alpha value is -2.29. The molecule has 1 aliphatic heterocycles. The van der Waals surface area contributed by atoms with Crippen LogP contribution in [0.25, 0.3) is 0 Å². The van der Waals surface area contributed by atoms with Crippen LogP contribution in [0.2, 0.25) is 0 Å². The zero-order chi connectivity index (χ0) is 15.1. The van der Waals surface area contributed by atoms with Gasteiger partial charge in [0.05, 0.1) is 0 Å². The molecule has 2 N–H and O–H groups in total. The van der Waals surface area contributed by atoms with Crippen molar-refractivity contribution in [3.05, 3.63) is 63.7 Å². The maximum absolute atomic E-state index is 12.8. The lowest BCUT2D eigenvalue weighted by Gasteiger charge is -2.19. The fourth-order valence-corrected chi connectivity index (χ4v) is 3.23. The van der Waals surface area contributed by atoms with E-state index < -0.39 is 0 Å². The number of rotatable bonds is 1. The van der Waals surface area contributed by atoms with Crippen LogP contribution in [-0.2, 0) is 13.1 Å². The van der Waals surface area contributed by atoms with Crippen LogP contribution in [0.1, 0.15) is 38.2 Å². The molecule has 0 aliphatic carbocycles. The molecule has 2 aromatic rings. The highest BCUT2D eigenvalue weighted by molar-refractivity contribution is 5.97. The van der Waals surface area contributed by atoms with Gasteiger partial charge in [-0.2, -0.15) is 0 Å². The molecule has 0 saturated carbocycles. The van der Waals surface area contributed by atoms with Gasteiger partial charge >= 0.3 is 0 Å². The molecule has 1 aliphatic rings. The lowest BCUT2D eigenvalue weighted by molar-refractivity contribution is 0.0750. The first-order chi connectivity index (χ1) is 9.95. The van der Waals surface area contributed by atoms with Gasteiger partial charge in [-0.3, -0.25) is 4.79 Å². The highest BCUT2D eigenvalue weighted by Crippen LogP contribution is 2.28. The van der Waals surface area contributed by atoms with Crippen molar-refractivity contribution in [3.63, 3.8) is 0 Å². The number of nitrogen functional groups attached to an aromatic ring is 1. The summed E-state index contributed by atoms with van der Waals surface area (Å²) in [5.74, 6) is 0.111. The fraction of sp³-hybridized carbons (Fsp3) is 0.278. The molecule has 0 saturated heterocycles. The number of fused-ring (bicyclic) bond motifs is 1. The van der Waals surface area contributed by atoms with Crippen molar-refractivity contribution in [2.45, 2.75) is 33.9 Å². The number of carbonyl (C=O) groups is 1. The Balaban J connectivity index is 1.92. The van der Waals surface area contributed by atoms with E-state index >= 15 is 0 Å². The van der Waals surface area contributed by atoms with Crippen molar-refractivity contribution in [2.24, 2.45) is 0 Å². The Bertz CT molecular complexity index is 711. The van der Waals surface area contributed by atoms with Gasteiger partial charge in [0.2, 0.25) is 0 Å². The Morgan fingerprint density at radius 1 is 1.00 bits per heavy atom. The summed E-state index contributed by atoms with van der Waals surface area (Å²) >= 11 is 0. The standard InChI is InChI=1S/C18H20N2O/c1-11-6-12(2)17(13(3)7-11)18(21)20-9-14-4-5-16(19)8-15(14)10-20/h4-8H,9-10,19H2,1-3H3. The molecule has 3 rings (SSSR count). The molecular formula is C18H20N2O. The van der Waals surface area contributed by atoms with Crippen molar-refractivity contribution in [3.8, 4) is 0 Å². The van der Waals surface area contributed by atoms with Gasteiger partial charge in [-0.1, -0.05) is 23.8 Å². The largest absolute Gasteiger partial charge is 0.399 e. The van der Waals surface area contributed by atoms with E-state index in [1.807, 2.05) is 36.9 Å². The molecule has 0 bridgehead atoms. The topological polar surface area (TPSA) is 46.3 Å². The summed E-state index contributed by atoms with van der Waals surface area (Å²) in [6.45, 7) is 7.39. The average Bonchev–Trinajstić information content (AvgIpc) is 2.80. The minimum absolute atomic E-state index is 0.111. The maximum Gasteiger partial charge on any atom is 0.254 e. The van der Waals surface area contributed by atoms with Crippen molar-refractivity contribution in [2.75, 3.05) is 5.73 Å². The highest BCUT2D eigenvalue weighted by atomic mass is 16.2. The Morgan fingerprint density at radius 2 is 1.62 bits per heavy atom. The van der Waals surface area contributed by atoms with E-state index in [2.05, 4.69) is 19.1 Å². The van der Waals surface area contributed by atoms with Crippen molar-refractivity contribution >= 4 is 11.6 Å². The molecule has 2 aromatic carbocycles. The van der Waals surface area contributed by atoms with Gasteiger partial charge in [0, 0.05) is 24.3 Å². The van der Waals surface area contributed by atoms with Gasteiger partial charge in [0.15, 0.2) is 0 Å². The molecule has 0 spiro atoms. The molecule has 1 heterocycles. The number of anilines is 1. The monoisotopic (exact) mass is 280 g/mol. The summed E-state index contributed by atoms with van der Waals surface area (Å²) in [6, 6.07) is 10.0. The van der Waals surface area contributed by atoms with Crippen LogP contribution in [0.3, 0.4) is 0 Å². The number of aryl methyl sites for hydroxylation is 3. The van der Waals surface area contributed by atoms with Crippen LogP contribution in [0.4, 0.5) is 5.69 Å².